The third-order valence-electron chi connectivity index (χ3n) is 7.27. The van der Waals surface area contributed by atoms with Crippen molar-refractivity contribution in [2.45, 2.75) is 26.0 Å². The maximum Gasteiger partial charge on any atom is 0.347 e. The Morgan fingerprint density at radius 3 is 2.45 bits per heavy atom. The van der Waals surface area contributed by atoms with Gasteiger partial charge in [-0.1, -0.05) is 71.8 Å². The van der Waals surface area contributed by atoms with E-state index in [1.807, 2.05) is 26.0 Å². The van der Waals surface area contributed by atoms with E-state index in [1.54, 1.807) is 65.6 Å². The number of carbonyl (C=O) groups excluding carboxylic acids is 1. The van der Waals surface area contributed by atoms with Crippen LogP contribution in [0.5, 0.6) is 5.75 Å². The summed E-state index contributed by atoms with van der Waals surface area (Å²) in [4.78, 5) is 34.0. The maximum atomic E-state index is 14.1. The zero-order chi connectivity index (χ0) is 26.6. The number of aryl methyl sites for hydroxylation is 2. The first-order valence-corrected chi connectivity index (χ1v) is 12.5. The molecule has 6 rings (SSSR count). The predicted molar refractivity (Wildman–Crippen MR) is 145 cm³/mol. The second-order valence-electron chi connectivity index (χ2n) is 9.81. The standard InChI is InChI=1S/C31H26N2O5/c1-18-9-12-21(13-10-18)31(37)26(25-28(35)22-17-19(2)11-14-23(22)38-30(25)36)24(29-32-15-6-16-33(29)31)27(34)20-7-4-3-5-8-20/h3-5,7-14,17,35,37H,6,15-16H2,1-2H3. The Labute approximate surface area is 219 Å². The van der Waals surface area contributed by atoms with Crippen LogP contribution in [-0.4, -0.2) is 39.8 Å². The average molecular weight is 507 g/mol. The Bertz CT molecular complexity index is 1720. The molecule has 2 aliphatic rings. The Balaban J connectivity index is 1.76. The molecule has 2 N–H and O–H groups in total. The van der Waals surface area contributed by atoms with Gasteiger partial charge in [0.1, 0.15) is 22.7 Å². The van der Waals surface area contributed by atoms with Crippen molar-refractivity contribution < 1.29 is 19.4 Å². The van der Waals surface area contributed by atoms with Crippen molar-refractivity contribution in [2.75, 3.05) is 13.1 Å². The highest BCUT2D eigenvalue weighted by Gasteiger charge is 2.54. The van der Waals surface area contributed by atoms with Crippen molar-refractivity contribution in [3.05, 3.63) is 117 Å². The molecule has 7 nitrogen and oxygen atoms in total. The van der Waals surface area contributed by atoms with Gasteiger partial charge in [-0.3, -0.25) is 9.79 Å². The topological polar surface area (TPSA) is 103 Å². The van der Waals surface area contributed by atoms with E-state index in [9.17, 15) is 19.8 Å². The highest BCUT2D eigenvalue weighted by molar-refractivity contribution is 6.34. The normalized spacial score (nSPS) is 19.0. The number of aromatic hydroxyl groups is 1. The SMILES string of the molecule is Cc1ccc(C2(O)C(c3c(O)c4cc(C)ccc4oc3=O)=C(C(=O)c3ccccc3)C3=NCCCN32)cc1. The lowest BCUT2D eigenvalue weighted by Gasteiger charge is -2.39. The van der Waals surface area contributed by atoms with Crippen LogP contribution in [0, 0.1) is 13.8 Å². The number of ketones is 1. The van der Waals surface area contributed by atoms with Crippen LogP contribution in [0.1, 0.15) is 39.0 Å². The van der Waals surface area contributed by atoms with Crippen LogP contribution in [0.4, 0.5) is 0 Å². The van der Waals surface area contributed by atoms with Crippen LogP contribution in [0.3, 0.4) is 0 Å². The minimum Gasteiger partial charge on any atom is -0.506 e. The van der Waals surface area contributed by atoms with Gasteiger partial charge in [0.05, 0.1) is 11.0 Å². The van der Waals surface area contributed by atoms with Gasteiger partial charge in [-0.2, -0.15) is 0 Å². The Hall–Kier alpha value is -4.49. The number of hydrogen-bond donors (Lipinski definition) is 2. The highest BCUT2D eigenvalue weighted by atomic mass is 16.4. The molecule has 0 radical (unpaired) electrons. The van der Waals surface area contributed by atoms with Crippen LogP contribution in [0.2, 0.25) is 0 Å². The Morgan fingerprint density at radius 1 is 1.00 bits per heavy atom. The van der Waals surface area contributed by atoms with E-state index in [0.29, 0.717) is 41.9 Å². The molecule has 3 aromatic carbocycles. The molecular weight excluding hydrogens is 480 g/mol. The number of nitrogens with zero attached hydrogens (tertiary/aromatic N) is 2. The number of aliphatic imine (C=N–C) groups is 1. The fourth-order valence-electron chi connectivity index (χ4n) is 5.41. The fraction of sp³-hybridized carbons (Fsp3) is 0.194. The zero-order valence-corrected chi connectivity index (χ0v) is 21.1. The average Bonchev–Trinajstić information content (AvgIpc) is 3.19. The van der Waals surface area contributed by atoms with Gasteiger partial charge in [0.2, 0.25) is 0 Å². The van der Waals surface area contributed by atoms with Crippen LogP contribution in [-0.2, 0) is 5.72 Å². The summed E-state index contributed by atoms with van der Waals surface area (Å²) in [7, 11) is 0. The minimum absolute atomic E-state index is 0.0227. The summed E-state index contributed by atoms with van der Waals surface area (Å²) in [6.45, 7) is 4.66. The molecule has 0 spiro atoms. The van der Waals surface area contributed by atoms with Crippen molar-refractivity contribution in [2.24, 2.45) is 4.99 Å². The van der Waals surface area contributed by atoms with Crippen molar-refractivity contribution in [1.29, 1.82) is 0 Å². The lowest BCUT2D eigenvalue weighted by atomic mass is 9.85. The van der Waals surface area contributed by atoms with Gasteiger partial charge >= 0.3 is 5.63 Å². The molecule has 0 fully saturated rings. The predicted octanol–water partition coefficient (Wildman–Crippen LogP) is 4.72. The summed E-state index contributed by atoms with van der Waals surface area (Å²) in [5.74, 6) is -0.456. The van der Waals surface area contributed by atoms with E-state index in [2.05, 4.69) is 4.99 Å². The summed E-state index contributed by atoms with van der Waals surface area (Å²) < 4.78 is 5.65. The van der Waals surface area contributed by atoms with E-state index in [0.717, 1.165) is 11.1 Å². The van der Waals surface area contributed by atoms with Gasteiger partial charge in [-0.05, 0) is 32.4 Å². The fourth-order valence-corrected chi connectivity index (χ4v) is 5.41. The molecule has 1 unspecified atom stereocenters. The van der Waals surface area contributed by atoms with Crippen LogP contribution in [0.25, 0.3) is 16.5 Å². The number of aliphatic hydroxyl groups is 1. The molecular formula is C31H26N2O5. The van der Waals surface area contributed by atoms with Gasteiger partial charge in [0.25, 0.3) is 0 Å². The molecule has 7 heteroatoms. The van der Waals surface area contributed by atoms with Crippen molar-refractivity contribution in [3.8, 4) is 5.75 Å². The molecule has 3 heterocycles. The van der Waals surface area contributed by atoms with Crippen molar-refractivity contribution >= 4 is 28.2 Å². The number of hydrogen-bond acceptors (Lipinski definition) is 7. The van der Waals surface area contributed by atoms with Gasteiger partial charge in [0, 0.05) is 29.8 Å². The monoisotopic (exact) mass is 506 g/mol. The minimum atomic E-state index is -1.95. The molecule has 1 aromatic heterocycles. The third-order valence-corrected chi connectivity index (χ3v) is 7.27. The second-order valence-corrected chi connectivity index (χ2v) is 9.81. The molecule has 0 bridgehead atoms. The molecule has 38 heavy (non-hydrogen) atoms. The van der Waals surface area contributed by atoms with E-state index >= 15 is 0 Å². The number of benzene rings is 3. The van der Waals surface area contributed by atoms with Crippen LogP contribution < -0.4 is 5.63 Å². The summed E-state index contributed by atoms with van der Waals surface area (Å²) in [6, 6.07) is 21.0. The quantitative estimate of drug-likeness (QED) is 0.307. The zero-order valence-electron chi connectivity index (χ0n) is 21.1. The number of rotatable bonds is 4. The van der Waals surface area contributed by atoms with E-state index in [-0.39, 0.29) is 28.0 Å². The molecule has 0 aliphatic carbocycles. The summed E-state index contributed by atoms with van der Waals surface area (Å²) in [5, 5.41) is 24.5. The number of fused-ring (bicyclic) bond motifs is 2. The number of Topliss-reactive ketones (excluding diaryl/α,β-unsaturated/α-hetero) is 1. The lowest BCUT2D eigenvalue weighted by Crippen LogP contribution is -2.48. The third kappa shape index (κ3) is 3.50. The molecule has 0 amide bonds. The van der Waals surface area contributed by atoms with Crippen molar-refractivity contribution in [1.82, 2.24) is 4.90 Å². The Kier molecular flexibility index (Phi) is 5.54. The first-order chi connectivity index (χ1) is 18.3. The maximum absolute atomic E-state index is 14.1. The van der Waals surface area contributed by atoms with Gasteiger partial charge in [-0.15, -0.1) is 0 Å². The Morgan fingerprint density at radius 2 is 1.71 bits per heavy atom. The second kappa shape index (κ2) is 8.82. The first-order valence-electron chi connectivity index (χ1n) is 12.5. The highest BCUT2D eigenvalue weighted by Crippen LogP contribution is 2.51. The van der Waals surface area contributed by atoms with E-state index in [1.165, 1.54) is 0 Å². The molecule has 4 aromatic rings. The van der Waals surface area contributed by atoms with Crippen LogP contribution in [0.15, 0.2) is 92.6 Å². The van der Waals surface area contributed by atoms with Gasteiger partial charge in [-0.25, -0.2) is 4.79 Å². The number of carbonyl (C=O) groups is 1. The molecule has 190 valence electrons. The summed E-state index contributed by atoms with van der Waals surface area (Å²) >= 11 is 0. The molecule has 0 saturated carbocycles. The summed E-state index contributed by atoms with van der Waals surface area (Å²) in [5.41, 5.74) is -0.114. The molecule has 2 aliphatic heterocycles. The van der Waals surface area contributed by atoms with Gasteiger partial charge < -0.3 is 19.5 Å². The molecule has 1 atom stereocenters. The first kappa shape index (κ1) is 23.9. The lowest BCUT2D eigenvalue weighted by molar-refractivity contribution is -0.0168. The molecule has 0 saturated heterocycles. The largest absolute Gasteiger partial charge is 0.506 e. The van der Waals surface area contributed by atoms with Gasteiger partial charge in [0.15, 0.2) is 11.5 Å². The van der Waals surface area contributed by atoms with Crippen molar-refractivity contribution in [3.63, 3.8) is 0 Å². The number of amidine groups is 1. The summed E-state index contributed by atoms with van der Waals surface area (Å²) in [6.07, 6.45) is 0.648. The van der Waals surface area contributed by atoms with E-state index < -0.39 is 17.1 Å². The van der Waals surface area contributed by atoms with Crippen LogP contribution >= 0.6 is 0 Å². The smallest absolute Gasteiger partial charge is 0.347 e. The van der Waals surface area contributed by atoms with E-state index in [4.69, 9.17) is 4.42 Å².